The fourth-order valence-electron chi connectivity index (χ4n) is 1.35. The van der Waals surface area contributed by atoms with Crippen molar-refractivity contribution in [3.63, 3.8) is 0 Å². The number of ether oxygens (including phenoxy) is 1. The summed E-state index contributed by atoms with van der Waals surface area (Å²) in [6.45, 7) is -0.112. The van der Waals surface area contributed by atoms with Gasteiger partial charge in [0.2, 0.25) is 0 Å². The van der Waals surface area contributed by atoms with Crippen LogP contribution < -0.4 is 5.32 Å². The lowest BCUT2D eigenvalue weighted by Gasteiger charge is -2.12. The van der Waals surface area contributed by atoms with Crippen molar-refractivity contribution in [3.05, 3.63) is 24.3 Å². The Morgan fingerprint density at radius 3 is 2.88 bits per heavy atom. The van der Waals surface area contributed by atoms with E-state index < -0.39 is 18.6 Å². The summed E-state index contributed by atoms with van der Waals surface area (Å²) in [4.78, 5) is 21.1. The third-order valence-electron chi connectivity index (χ3n) is 2.18. The lowest BCUT2D eigenvalue weighted by atomic mass is 9.98. The monoisotopic (exact) mass is 225 g/mol. The van der Waals surface area contributed by atoms with Crippen molar-refractivity contribution in [1.29, 1.82) is 0 Å². The van der Waals surface area contributed by atoms with E-state index in [4.69, 9.17) is 9.84 Å². The van der Waals surface area contributed by atoms with Crippen molar-refractivity contribution in [2.24, 2.45) is 5.92 Å². The Hall–Kier alpha value is -1.78. The molecule has 0 aliphatic heterocycles. The van der Waals surface area contributed by atoms with E-state index >= 15 is 0 Å². The highest BCUT2D eigenvalue weighted by Crippen LogP contribution is 2.15. The number of rotatable bonds is 5. The highest BCUT2D eigenvalue weighted by Gasteiger charge is 2.08. The zero-order valence-corrected chi connectivity index (χ0v) is 8.89. The van der Waals surface area contributed by atoms with Gasteiger partial charge in [0, 0.05) is 0 Å². The normalized spacial score (nSPS) is 18.1. The van der Waals surface area contributed by atoms with Gasteiger partial charge in [-0.3, -0.25) is 4.79 Å². The second kappa shape index (κ2) is 6.66. The van der Waals surface area contributed by atoms with E-state index in [1.165, 1.54) is 0 Å². The summed E-state index contributed by atoms with van der Waals surface area (Å²) in [7, 11) is 0. The van der Waals surface area contributed by atoms with Gasteiger partial charge in [0.25, 0.3) is 0 Å². The van der Waals surface area contributed by atoms with Crippen molar-refractivity contribution in [2.75, 3.05) is 13.2 Å². The first-order chi connectivity index (χ1) is 7.68. The highest BCUT2D eigenvalue weighted by molar-refractivity contribution is 5.76. The van der Waals surface area contributed by atoms with Gasteiger partial charge in [-0.1, -0.05) is 24.3 Å². The van der Waals surface area contributed by atoms with E-state index in [0.717, 1.165) is 12.8 Å². The molecule has 88 valence electrons. The van der Waals surface area contributed by atoms with Crippen LogP contribution in [0.4, 0.5) is 4.79 Å². The van der Waals surface area contributed by atoms with Crippen LogP contribution in [0.1, 0.15) is 12.8 Å². The number of alkyl carbamates (subject to hydrolysis) is 1. The first kappa shape index (κ1) is 12.3. The molecule has 16 heavy (non-hydrogen) atoms. The van der Waals surface area contributed by atoms with E-state index in [9.17, 15) is 9.59 Å². The van der Waals surface area contributed by atoms with Crippen molar-refractivity contribution < 1.29 is 19.4 Å². The van der Waals surface area contributed by atoms with Crippen LogP contribution in [0, 0.1) is 5.92 Å². The minimum atomic E-state index is -1.09. The summed E-state index contributed by atoms with van der Waals surface area (Å²) < 4.78 is 4.82. The van der Waals surface area contributed by atoms with Crippen LogP contribution in [0.25, 0.3) is 0 Å². The maximum Gasteiger partial charge on any atom is 0.407 e. The fraction of sp³-hybridized carbons (Fsp3) is 0.455. The molecule has 0 heterocycles. The van der Waals surface area contributed by atoms with E-state index in [2.05, 4.69) is 17.5 Å². The summed E-state index contributed by atoms with van der Waals surface area (Å²) in [6.07, 6.45) is 9.11. The van der Waals surface area contributed by atoms with Gasteiger partial charge in [0.15, 0.2) is 0 Å². The molecular formula is C11H15NO4. The van der Waals surface area contributed by atoms with Crippen LogP contribution in [0.2, 0.25) is 0 Å². The van der Waals surface area contributed by atoms with Crippen LogP contribution in [0.15, 0.2) is 24.3 Å². The Bertz CT molecular complexity index is 309. The topological polar surface area (TPSA) is 75.6 Å². The summed E-state index contributed by atoms with van der Waals surface area (Å²) in [5.74, 6) is -0.686. The quantitative estimate of drug-likeness (QED) is 0.739. The smallest absolute Gasteiger partial charge is 0.407 e. The molecule has 1 rings (SSSR count). The first-order valence-electron chi connectivity index (χ1n) is 5.14. The molecule has 0 spiro atoms. The van der Waals surface area contributed by atoms with Crippen molar-refractivity contribution in [2.45, 2.75) is 12.8 Å². The third kappa shape index (κ3) is 5.19. The van der Waals surface area contributed by atoms with Crippen LogP contribution in [0.5, 0.6) is 0 Å². The zero-order valence-electron chi connectivity index (χ0n) is 8.89. The van der Waals surface area contributed by atoms with Gasteiger partial charge in [-0.05, 0) is 18.8 Å². The lowest BCUT2D eigenvalue weighted by molar-refractivity contribution is -0.135. The van der Waals surface area contributed by atoms with Gasteiger partial charge in [-0.15, -0.1) is 0 Å². The molecule has 2 N–H and O–H groups in total. The number of allylic oxidation sites excluding steroid dienone is 4. The number of hydrogen-bond donors (Lipinski definition) is 2. The van der Waals surface area contributed by atoms with Crippen LogP contribution in [0.3, 0.4) is 0 Å². The number of amides is 1. The van der Waals surface area contributed by atoms with Gasteiger partial charge in [-0.2, -0.15) is 0 Å². The van der Waals surface area contributed by atoms with Crippen LogP contribution in [-0.4, -0.2) is 30.3 Å². The molecule has 0 fully saturated rings. The number of carboxylic acids is 1. The maximum atomic E-state index is 11.0. The summed E-state index contributed by atoms with van der Waals surface area (Å²) in [6, 6.07) is 0. The zero-order chi connectivity index (χ0) is 11.8. The van der Waals surface area contributed by atoms with Gasteiger partial charge < -0.3 is 15.2 Å². The number of aliphatic carboxylic acids is 1. The summed E-state index contributed by atoms with van der Waals surface area (Å²) in [5.41, 5.74) is 0. The molecule has 1 unspecified atom stereocenters. The maximum absolute atomic E-state index is 11.0. The standard InChI is InChI=1S/C11H15NO4/c13-10(14)8-12-11(15)16-7-6-9-4-2-1-3-5-9/h1-4,9H,5-8H2,(H,12,15)(H,13,14). The van der Waals surface area contributed by atoms with E-state index in [1.807, 2.05) is 12.2 Å². The van der Waals surface area contributed by atoms with Crippen molar-refractivity contribution in [1.82, 2.24) is 5.32 Å². The average molecular weight is 225 g/mol. The van der Waals surface area contributed by atoms with Gasteiger partial charge in [0.1, 0.15) is 6.54 Å². The van der Waals surface area contributed by atoms with Gasteiger partial charge in [0.05, 0.1) is 6.61 Å². The summed E-state index contributed by atoms with van der Waals surface area (Å²) in [5, 5.41) is 10.4. The molecule has 1 aliphatic carbocycles. The molecule has 0 bridgehead atoms. The molecule has 5 heteroatoms. The molecule has 0 saturated carbocycles. The predicted molar refractivity (Wildman–Crippen MR) is 58.0 cm³/mol. The number of carbonyl (C=O) groups excluding carboxylic acids is 1. The minimum absolute atomic E-state index is 0.300. The fourth-order valence-corrected chi connectivity index (χ4v) is 1.35. The Balaban J connectivity index is 2.06. The van der Waals surface area contributed by atoms with Gasteiger partial charge >= 0.3 is 12.1 Å². The molecule has 1 atom stereocenters. The van der Waals surface area contributed by atoms with E-state index in [-0.39, 0.29) is 0 Å². The molecule has 0 aromatic carbocycles. The molecule has 1 amide bonds. The lowest BCUT2D eigenvalue weighted by Crippen LogP contribution is -2.30. The number of hydrogen-bond acceptors (Lipinski definition) is 3. The minimum Gasteiger partial charge on any atom is -0.480 e. The number of nitrogens with one attached hydrogen (secondary N) is 1. The van der Waals surface area contributed by atoms with Gasteiger partial charge in [-0.25, -0.2) is 4.79 Å². The second-order valence-electron chi connectivity index (χ2n) is 3.48. The predicted octanol–water partition coefficient (Wildman–Crippen LogP) is 1.32. The highest BCUT2D eigenvalue weighted by atomic mass is 16.5. The Morgan fingerprint density at radius 2 is 2.25 bits per heavy atom. The number of carbonyl (C=O) groups is 2. The third-order valence-corrected chi connectivity index (χ3v) is 2.18. The molecule has 0 aromatic heterocycles. The summed E-state index contributed by atoms with van der Waals surface area (Å²) >= 11 is 0. The van der Waals surface area contributed by atoms with Crippen LogP contribution >= 0.6 is 0 Å². The first-order valence-corrected chi connectivity index (χ1v) is 5.14. The largest absolute Gasteiger partial charge is 0.480 e. The second-order valence-corrected chi connectivity index (χ2v) is 3.48. The molecular weight excluding hydrogens is 210 g/mol. The van der Waals surface area contributed by atoms with Crippen molar-refractivity contribution in [3.8, 4) is 0 Å². The molecule has 0 aromatic rings. The SMILES string of the molecule is O=C(O)CNC(=O)OCCC1C=CC=CC1. The van der Waals surface area contributed by atoms with E-state index in [0.29, 0.717) is 12.5 Å². The molecule has 0 radical (unpaired) electrons. The Labute approximate surface area is 93.8 Å². The molecule has 0 saturated heterocycles. The van der Waals surface area contributed by atoms with E-state index in [1.54, 1.807) is 0 Å². The molecule has 1 aliphatic rings. The average Bonchev–Trinajstić information content (AvgIpc) is 2.28. The molecule has 5 nitrogen and oxygen atoms in total. The van der Waals surface area contributed by atoms with Crippen LogP contribution in [-0.2, 0) is 9.53 Å². The number of carboxylic acid groups (broad SMARTS) is 1. The van der Waals surface area contributed by atoms with Crippen molar-refractivity contribution >= 4 is 12.1 Å². The Morgan fingerprint density at radius 1 is 1.44 bits per heavy atom. The Kier molecular flexibility index (Phi) is 5.11.